The lowest BCUT2D eigenvalue weighted by atomic mass is 9.90. The van der Waals surface area contributed by atoms with E-state index < -0.39 is 5.72 Å². The Kier molecular flexibility index (Phi) is 3.40. The fraction of sp³-hybridized carbons (Fsp3) is 0.625. The summed E-state index contributed by atoms with van der Waals surface area (Å²) in [5.41, 5.74) is 5.44. The van der Waals surface area contributed by atoms with Crippen molar-refractivity contribution in [3.05, 3.63) is 30.1 Å². The highest BCUT2D eigenvalue weighted by Gasteiger charge is 2.61. The fourth-order valence-electron chi connectivity index (χ4n) is 4.17. The third kappa shape index (κ3) is 2.06. The lowest BCUT2D eigenvalue weighted by Crippen LogP contribution is -2.54. The van der Waals surface area contributed by atoms with Crippen LogP contribution >= 0.6 is 0 Å². The molecule has 1 saturated carbocycles. The van der Waals surface area contributed by atoms with Crippen molar-refractivity contribution in [2.24, 2.45) is 5.92 Å². The molecule has 118 valence electrons. The molecule has 6 nitrogen and oxygen atoms in total. The summed E-state index contributed by atoms with van der Waals surface area (Å²) in [5, 5.41) is 10.8. The second kappa shape index (κ2) is 5.30. The van der Waals surface area contributed by atoms with Crippen molar-refractivity contribution in [2.45, 2.75) is 49.9 Å². The van der Waals surface area contributed by atoms with Gasteiger partial charge in [-0.25, -0.2) is 10.9 Å². The molecule has 2 aliphatic heterocycles. The molecule has 2 saturated heterocycles. The van der Waals surface area contributed by atoms with Gasteiger partial charge in [0.25, 0.3) is 5.91 Å². The highest BCUT2D eigenvalue weighted by Crippen LogP contribution is 2.42. The van der Waals surface area contributed by atoms with E-state index in [1.807, 2.05) is 17.0 Å². The number of aromatic nitrogens is 1. The van der Waals surface area contributed by atoms with Crippen molar-refractivity contribution in [1.82, 2.24) is 20.7 Å². The van der Waals surface area contributed by atoms with Crippen molar-refractivity contribution < 1.29 is 9.90 Å². The first-order valence-corrected chi connectivity index (χ1v) is 8.16. The maximum absolute atomic E-state index is 12.7. The van der Waals surface area contributed by atoms with E-state index in [9.17, 15) is 9.90 Å². The molecule has 3 N–H and O–H groups in total. The Morgan fingerprint density at radius 2 is 2.14 bits per heavy atom. The van der Waals surface area contributed by atoms with E-state index in [0.717, 1.165) is 18.4 Å². The first-order chi connectivity index (χ1) is 10.7. The van der Waals surface area contributed by atoms with E-state index in [1.54, 1.807) is 12.4 Å². The summed E-state index contributed by atoms with van der Waals surface area (Å²) in [7, 11) is 0. The Morgan fingerprint density at radius 3 is 2.86 bits per heavy atom. The minimum absolute atomic E-state index is 0.101. The summed E-state index contributed by atoms with van der Waals surface area (Å²) in [6, 6.07) is 4.04. The second-order valence-corrected chi connectivity index (χ2v) is 6.66. The summed E-state index contributed by atoms with van der Waals surface area (Å²) < 4.78 is 0. The molecule has 1 aromatic heterocycles. The maximum atomic E-state index is 12.7. The van der Waals surface area contributed by atoms with Gasteiger partial charge in [0.05, 0.1) is 12.0 Å². The van der Waals surface area contributed by atoms with Crippen molar-refractivity contribution in [3.63, 3.8) is 0 Å². The average molecular weight is 302 g/mol. The van der Waals surface area contributed by atoms with Crippen LogP contribution in [0.25, 0.3) is 0 Å². The molecule has 3 atom stereocenters. The SMILES string of the molecule is O=C1N(C2CCCCC2)CC2C(c3cccnc3)NNC12O. The minimum Gasteiger partial charge on any atom is -0.366 e. The van der Waals surface area contributed by atoms with Gasteiger partial charge in [0.2, 0.25) is 5.72 Å². The molecule has 6 heteroatoms. The van der Waals surface area contributed by atoms with Crippen LogP contribution in [0.5, 0.6) is 0 Å². The largest absolute Gasteiger partial charge is 0.366 e. The number of hydrogen-bond donors (Lipinski definition) is 3. The zero-order valence-corrected chi connectivity index (χ0v) is 12.5. The van der Waals surface area contributed by atoms with Gasteiger partial charge in [-0.1, -0.05) is 25.3 Å². The van der Waals surface area contributed by atoms with Crippen molar-refractivity contribution in [3.8, 4) is 0 Å². The van der Waals surface area contributed by atoms with Crippen molar-refractivity contribution in [1.29, 1.82) is 0 Å². The first-order valence-electron chi connectivity index (χ1n) is 8.16. The Hall–Kier alpha value is -1.50. The predicted octanol–water partition coefficient (Wildman–Crippen LogP) is 0.710. The number of nitrogens with one attached hydrogen (secondary N) is 2. The van der Waals surface area contributed by atoms with Crippen molar-refractivity contribution in [2.75, 3.05) is 6.54 Å². The molecule has 3 heterocycles. The number of pyridine rings is 1. The van der Waals surface area contributed by atoms with E-state index in [1.165, 1.54) is 19.3 Å². The first kappa shape index (κ1) is 14.1. The highest BCUT2D eigenvalue weighted by atomic mass is 16.3. The van der Waals surface area contributed by atoms with Crippen LogP contribution in [0.3, 0.4) is 0 Å². The van der Waals surface area contributed by atoms with E-state index in [2.05, 4.69) is 15.8 Å². The van der Waals surface area contributed by atoms with E-state index >= 15 is 0 Å². The number of likely N-dealkylation sites (tertiary alicyclic amines) is 1. The lowest BCUT2D eigenvalue weighted by molar-refractivity contribution is -0.149. The number of fused-ring (bicyclic) bond motifs is 1. The van der Waals surface area contributed by atoms with Crippen LogP contribution < -0.4 is 10.9 Å². The second-order valence-electron chi connectivity index (χ2n) is 6.66. The van der Waals surface area contributed by atoms with Crippen LogP contribution in [0, 0.1) is 5.92 Å². The fourth-order valence-corrected chi connectivity index (χ4v) is 4.17. The molecule has 0 spiro atoms. The summed E-state index contributed by atoms with van der Waals surface area (Å²) in [6.07, 6.45) is 9.24. The molecule has 0 radical (unpaired) electrons. The molecule has 4 rings (SSSR count). The Morgan fingerprint density at radius 1 is 1.32 bits per heavy atom. The summed E-state index contributed by atoms with van der Waals surface area (Å²) >= 11 is 0. The number of hydrazine groups is 1. The van der Waals surface area contributed by atoms with Gasteiger partial charge in [-0.3, -0.25) is 9.78 Å². The smallest absolute Gasteiger partial charge is 0.271 e. The van der Waals surface area contributed by atoms with Gasteiger partial charge in [-0.05, 0) is 24.5 Å². The van der Waals surface area contributed by atoms with Crippen LogP contribution in [-0.4, -0.2) is 39.2 Å². The van der Waals surface area contributed by atoms with Crippen molar-refractivity contribution >= 4 is 5.91 Å². The van der Waals surface area contributed by atoms with Crippen LogP contribution in [-0.2, 0) is 4.79 Å². The number of amides is 1. The molecule has 0 aromatic carbocycles. The summed E-state index contributed by atoms with van der Waals surface area (Å²) in [5.74, 6) is -0.366. The monoisotopic (exact) mass is 302 g/mol. The Balaban J connectivity index is 1.59. The zero-order chi connectivity index (χ0) is 15.2. The molecule has 1 amide bonds. The zero-order valence-electron chi connectivity index (χ0n) is 12.5. The molecule has 3 unspecified atom stereocenters. The molecular weight excluding hydrogens is 280 g/mol. The molecule has 22 heavy (non-hydrogen) atoms. The van der Waals surface area contributed by atoms with Gasteiger partial charge >= 0.3 is 0 Å². The van der Waals surface area contributed by atoms with Gasteiger partial charge in [0, 0.05) is 25.0 Å². The Bertz CT molecular complexity index is 561. The van der Waals surface area contributed by atoms with Gasteiger partial charge in [0.15, 0.2) is 0 Å². The molecular formula is C16H22N4O2. The van der Waals surface area contributed by atoms with Crippen LogP contribution in [0.15, 0.2) is 24.5 Å². The van der Waals surface area contributed by atoms with Gasteiger partial charge in [-0.15, -0.1) is 0 Å². The van der Waals surface area contributed by atoms with Crippen LogP contribution in [0.4, 0.5) is 0 Å². The quantitative estimate of drug-likeness (QED) is 0.750. The number of hydrogen-bond acceptors (Lipinski definition) is 5. The molecule has 3 fully saturated rings. The molecule has 0 bridgehead atoms. The van der Waals surface area contributed by atoms with Gasteiger partial charge in [-0.2, -0.15) is 0 Å². The number of carbonyl (C=O) groups is 1. The average Bonchev–Trinajstić information content (AvgIpc) is 3.03. The van der Waals surface area contributed by atoms with E-state index in [4.69, 9.17) is 0 Å². The molecule has 3 aliphatic rings. The van der Waals surface area contributed by atoms with Crippen LogP contribution in [0.2, 0.25) is 0 Å². The number of nitrogens with zero attached hydrogens (tertiary/aromatic N) is 2. The standard InChI is InChI=1S/C16H22N4O2/c21-15-16(22)13(10-20(15)12-6-2-1-3-7-12)14(18-19-16)11-5-4-8-17-9-11/h4-5,8-9,12-14,18-19,22H,1-3,6-7,10H2. The summed E-state index contributed by atoms with van der Waals surface area (Å²) in [4.78, 5) is 18.8. The Labute approximate surface area is 129 Å². The highest BCUT2D eigenvalue weighted by molar-refractivity contribution is 5.88. The van der Waals surface area contributed by atoms with Crippen LogP contribution in [0.1, 0.15) is 43.7 Å². The number of aliphatic hydroxyl groups is 1. The number of carbonyl (C=O) groups excluding carboxylic acids is 1. The van der Waals surface area contributed by atoms with E-state index in [-0.39, 0.29) is 23.9 Å². The van der Waals surface area contributed by atoms with Gasteiger partial charge in [0.1, 0.15) is 0 Å². The van der Waals surface area contributed by atoms with E-state index in [0.29, 0.717) is 6.54 Å². The third-order valence-corrected chi connectivity index (χ3v) is 5.40. The maximum Gasteiger partial charge on any atom is 0.271 e. The normalized spacial score (nSPS) is 35.9. The molecule has 1 aliphatic carbocycles. The third-order valence-electron chi connectivity index (χ3n) is 5.40. The van der Waals surface area contributed by atoms with Gasteiger partial charge < -0.3 is 10.0 Å². The number of rotatable bonds is 2. The topological polar surface area (TPSA) is 77.5 Å². The lowest BCUT2D eigenvalue weighted by Gasteiger charge is -2.32. The molecule has 1 aromatic rings. The minimum atomic E-state index is -1.49. The summed E-state index contributed by atoms with van der Waals surface area (Å²) in [6.45, 7) is 0.597. The predicted molar refractivity (Wildman–Crippen MR) is 80.3 cm³/mol.